The summed E-state index contributed by atoms with van der Waals surface area (Å²) in [5.74, 6) is 0.291. The average Bonchev–Trinajstić information content (AvgIpc) is 3.34. The summed E-state index contributed by atoms with van der Waals surface area (Å²) in [6, 6.07) is 22.2. The van der Waals surface area contributed by atoms with Crippen LogP contribution in [0.3, 0.4) is 0 Å². The van der Waals surface area contributed by atoms with Crippen molar-refractivity contribution in [3.63, 3.8) is 0 Å². The first-order chi connectivity index (χ1) is 17.0. The largest absolute Gasteiger partial charge is 0.492 e. The van der Waals surface area contributed by atoms with Crippen LogP contribution in [0.5, 0.6) is 5.75 Å². The van der Waals surface area contributed by atoms with E-state index in [0.717, 1.165) is 46.1 Å². The number of imide groups is 1. The minimum Gasteiger partial charge on any atom is -0.492 e. The fourth-order valence-corrected chi connectivity index (χ4v) is 5.24. The lowest BCUT2D eigenvalue weighted by atomic mass is 10.1. The van der Waals surface area contributed by atoms with Crippen molar-refractivity contribution < 1.29 is 14.3 Å². The number of aromatic nitrogens is 1. The second-order valence-electron chi connectivity index (χ2n) is 7.90. The van der Waals surface area contributed by atoms with Gasteiger partial charge in [0.25, 0.3) is 11.1 Å². The predicted molar refractivity (Wildman–Crippen MR) is 143 cm³/mol. The van der Waals surface area contributed by atoms with Crippen molar-refractivity contribution in [1.29, 1.82) is 0 Å². The molecule has 0 bridgehead atoms. The molecule has 0 aliphatic carbocycles. The molecular formula is C27H20Cl2N2O3S. The van der Waals surface area contributed by atoms with Gasteiger partial charge in [0.05, 0.1) is 27.2 Å². The van der Waals surface area contributed by atoms with Crippen LogP contribution < -0.4 is 9.64 Å². The van der Waals surface area contributed by atoms with Crippen molar-refractivity contribution in [3.05, 3.63) is 99.5 Å². The van der Waals surface area contributed by atoms with E-state index in [1.807, 2.05) is 48.7 Å². The average molecular weight is 523 g/mol. The number of aryl methyl sites for hydroxylation is 1. The molecule has 176 valence electrons. The lowest BCUT2D eigenvalue weighted by molar-refractivity contribution is -0.113. The van der Waals surface area contributed by atoms with Crippen LogP contribution in [-0.4, -0.2) is 22.3 Å². The van der Waals surface area contributed by atoms with Crippen molar-refractivity contribution in [2.24, 2.45) is 0 Å². The van der Waals surface area contributed by atoms with Crippen LogP contribution >= 0.6 is 35.0 Å². The van der Waals surface area contributed by atoms with Crippen LogP contribution in [0.15, 0.2) is 83.9 Å². The van der Waals surface area contributed by atoms with E-state index in [4.69, 9.17) is 27.9 Å². The van der Waals surface area contributed by atoms with E-state index >= 15 is 0 Å². The summed E-state index contributed by atoms with van der Waals surface area (Å²) in [7, 11) is 0. The predicted octanol–water partition coefficient (Wildman–Crippen LogP) is 7.66. The molecule has 5 rings (SSSR count). The van der Waals surface area contributed by atoms with Crippen LogP contribution in [0.2, 0.25) is 10.0 Å². The zero-order chi connectivity index (χ0) is 24.4. The Morgan fingerprint density at radius 3 is 2.40 bits per heavy atom. The molecule has 0 atom stereocenters. The molecule has 0 radical (unpaired) electrons. The van der Waals surface area contributed by atoms with Crippen molar-refractivity contribution in [2.45, 2.75) is 13.0 Å². The minimum atomic E-state index is -0.377. The fourth-order valence-electron chi connectivity index (χ4n) is 4.00. The number of fused-ring (bicyclic) bond motifs is 1. The van der Waals surface area contributed by atoms with E-state index in [0.29, 0.717) is 33.0 Å². The van der Waals surface area contributed by atoms with Crippen molar-refractivity contribution in [1.82, 2.24) is 4.57 Å². The summed E-state index contributed by atoms with van der Waals surface area (Å²) >= 11 is 13.3. The number of amides is 2. The zero-order valence-corrected chi connectivity index (χ0v) is 20.8. The molecule has 0 N–H and O–H groups in total. The summed E-state index contributed by atoms with van der Waals surface area (Å²) in [5.41, 5.74) is 2.31. The zero-order valence-electron chi connectivity index (χ0n) is 18.5. The van der Waals surface area contributed by atoms with Crippen LogP contribution in [-0.2, 0) is 11.3 Å². The summed E-state index contributed by atoms with van der Waals surface area (Å²) in [6.45, 7) is 1.24. The Kier molecular flexibility index (Phi) is 6.86. The minimum absolute atomic E-state index is 0.353. The fraction of sp³-hybridized carbons (Fsp3) is 0.111. The smallest absolute Gasteiger partial charge is 0.298 e. The van der Waals surface area contributed by atoms with Gasteiger partial charge in [0.2, 0.25) is 0 Å². The lowest BCUT2D eigenvalue weighted by Gasteiger charge is -2.13. The van der Waals surface area contributed by atoms with Crippen LogP contribution in [0.25, 0.3) is 17.0 Å². The molecule has 1 aliphatic heterocycles. The van der Waals surface area contributed by atoms with Gasteiger partial charge in [-0.1, -0.05) is 65.7 Å². The SMILES string of the molecule is O=C1S/C(=C\c2cn(CCCOc3ccccc3Cl)c3ccccc23)C(=O)N1c1ccccc1Cl. The van der Waals surface area contributed by atoms with Crippen molar-refractivity contribution >= 4 is 68.8 Å². The normalized spacial score (nSPS) is 14.9. The number of carbonyl (C=O) groups is 2. The maximum atomic E-state index is 13.1. The highest BCUT2D eigenvalue weighted by Gasteiger charge is 2.37. The summed E-state index contributed by atoms with van der Waals surface area (Å²) in [5, 5.41) is 1.58. The first kappa shape index (κ1) is 23.5. The third-order valence-electron chi connectivity index (χ3n) is 5.63. The number of ether oxygens (including phenoxy) is 1. The molecule has 2 amide bonds. The van der Waals surface area contributed by atoms with Gasteiger partial charge < -0.3 is 9.30 Å². The molecule has 0 spiro atoms. The highest BCUT2D eigenvalue weighted by Crippen LogP contribution is 2.39. The Balaban J connectivity index is 1.36. The maximum absolute atomic E-state index is 13.1. The first-order valence-corrected chi connectivity index (χ1v) is 12.6. The lowest BCUT2D eigenvalue weighted by Crippen LogP contribution is -2.27. The van der Waals surface area contributed by atoms with E-state index in [2.05, 4.69) is 4.57 Å². The summed E-state index contributed by atoms with van der Waals surface area (Å²) in [4.78, 5) is 27.3. The molecule has 0 saturated carbocycles. The Hall–Kier alpha value is -3.19. The number of carbonyl (C=O) groups excluding carboxylic acids is 2. The molecule has 2 heterocycles. The molecule has 1 aromatic heterocycles. The van der Waals surface area contributed by atoms with Crippen molar-refractivity contribution in [3.8, 4) is 5.75 Å². The number of hydrogen-bond acceptors (Lipinski definition) is 4. The monoisotopic (exact) mass is 522 g/mol. The van der Waals surface area contributed by atoms with Gasteiger partial charge in [0.1, 0.15) is 5.75 Å². The van der Waals surface area contributed by atoms with Gasteiger partial charge in [-0.3, -0.25) is 9.59 Å². The molecule has 1 aliphatic rings. The van der Waals surface area contributed by atoms with Gasteiger partial charge in [0.15, 0.2) is 0 Å². The Labute approximate surface area is 216 Å². The number of anilines is 1. The quantitative estimate of drug-likeness (QED) is 0.184. The van der Waals surface area contributed by atoms with Crippen LogP contribution in [0.4, 0.5) is 10.5 Å². The Bertz CT molecular complexity index is 1460. The van der Waals surface area contributed by atoms with E-state index in [-0.39, 0.29) is 11.1 Å². The third-order valence-corrected chi connectivity index (χ3v) is 7.13. The Morgan fingerprint density at radius 2 is 1.60 bits per heavy atom. The number of nitrogens with zero attached hydrogens (tertiary/aromatic N) is 2. The summed E-state index contributed by atoms with van der Waals surface area (Å²) < 4.78 is 7.95. The second kappa shape index (κ2) is 10.2. The number of rotatable bonds is 7. The van der Waals surface area contributed by atoms with Gasteiger partial charge in [-0.2, -0.15) is 0 Å². The molecule has 4 aromatic rings. The molecule has 0 unspecified atom stereocenters. The Morgan fingerprint density at radius 1 is 0.886 bits per heavy atom. The van der Waals surface area contributed by atoms with E-state index < -0.39 is 0 Å². The number of thioether (sulfide) groups is 1. The number of para-hydroxylation sites is 3. The summed E-state index contributed by atoms with van der Waals surface area (Å²) in [6.07, 6.45) is 4.55. The van der Waals surface area contributed by atoms with Gasteiger partial charge >= 0.3 is 0 Å². The van der Waals surface area contributed by atoms with Crippen LogP contribution in [0.1, 0.15) is 12.0 Å². The highest BCUT2D eigenvalue weighted by atomic mass is 35.5. The molecule has 35 heavy (non-hydrogen) atoms. The second-order valence-corrected chi connectivity index (χ2v) is 9.70. The number of halogens is 2. The van der Waals surface area contributed by atoms with Gasteiger partial charge in [-0.05, 0) is 54.6 Å². The maximum Gasteiger partial charge on any atom is 0.298 e. The van der Waals surface area contributed by atoms with E-state index in [9.17, 15) is 9.59 Å². The third kappa shape index (κ3) is 4.82. The van der Waals surface area contributed by atoms with Crippen molar-refractivity contribution in [2.75, 3.05) is 11.5 Å². The van der Waals surface area contributed by atoms with Gasteiger partial charge in [0, 0.05) is 29.2 Å². The highest BCUT2D eigenvalue weighted by molar-refractivity contribution is 8.19. The van der Waals surface area contributed by atoms with Gasteiger partial charge in [-0.15, -0.1) is 0 Å². The molecule has 8 heteroatoms. The molecule has 3 aromatic carbocycles. The van der Waals surface area contributed by atoms with E-state index in [1.165, 1.54) is 0 Å². The standard InChI is InChI=1S/C27H20Cl2N2O3S/c28-20-9-2-5-12-23(20)31-26(32)25(35-27(31)33)16-18-17-30(22-11-4-1-8-19(18)22)14-7-15-34-24-13-6-3-10-21(24)29/h1-6,8-13,16-17H,7,14-15H2/b25-16-. The molecular weight excluding hydrogens is 503 g/mol. The first-order valence-electron chi connectivity index (χ1n) is 11.0. The van der Waals surface area contributed by atoms with Gasteiger partial charge in [-0.25, -0.2) is 4.90 Å². The molecule has 1 saturated heterocycles. The van der Waals surface area contributed by atoms with Crippen LogP contribution in [0, 0.1) is 0 Å². The number of benzene rings is 3. The molecule has 1 fully saturated rings. The van der Waals surface area contributed by atoms with E-state index in [1.54, 1.807) is 36.4 Å². The number of hydrogen-bond donors (Lipinski definition) is 0. The molecule has 5 nitrogen and oxygen atoms in total. The topological polar surface area (TPSA) is 51.5 Å².